The highest BCUT2D eigenvalue weighted by Crippen LogP contribution is 2.55. The van der Waals surface area contributed by atoms with Crippen molar-refractivity contribution in [2.75, 3.05) is 0 Å². The van der Waals surface area contributed by atoms with Gasteiger partial charge in [-0.25, -0.2) is 0 Å². The third kappa shape index (κ3) is 2.24. The van der Waals surface area contributed by atoms with E-state index in [2.05, 4.69) is 15.5 Å². The van der Waals surface area contributed by atoms with Crippen LogP contribution < -0.4 is 5.32 Å². The first-order valence-corrected chi connectivity index (χ1v) is 7.56. The molecule has 4 rings (SSSR count). The van der Waals surface area contributed by atoms with E-state index >= 15 is 0 Å². The second-order valence-electron chi connectivity index (χ2n) is 6.39. The molecule has 1 aromatic carbocycles. The van der Waals surface area contributed by atoms with Crippen LogP contribution in [-0.2, 0) is 16.0 Å². The molecule has 3 N–H and O–H groups in total. The van der Waals surface area contributed by atoms with Gasteiger partial charge in [0.1, 0.15) is 0 Å². The highest BCUT2D eigenvalue weighted by molar-refractivity contribution is 5.83. The van der Waals surface area contributed by atoms with Crippen LogP contribution in [0, 0.1) is 17.8 Å². The molecular formula is C16H17N3O3. The summed E-state index contributed by atoms with van der Waals surface area (Å²) in [5.74, 6) is -0.414. The summed E-state index contributed by atoms with van der Waals surface area (Å²) in [5.41, 5.74) is 1.89. The lowest BCUT2D eigenvalue weighted by atomic mass is 10.0. The summed E-state index contributed by atoms with van der Waals surface area (Å²) in [6, 6.07) is 5.80. The van der Waals surface area contributed by atoms with Gasteiger partial charge in [-0.3, -0.25) is 14.7 Å². The predicted molar refractivity (Wildman–Crippen MR) is 79.1 cm³/mol. The number of carbonyl (C=O) groups is 2. The number of aromatic nitrogens is 2. The smallest absolute Gasteiger partial charge is 0.306 e. The lowest BCUT2D eigenvalue weighted by molar-refractivity contribution is -0.142. The van der Waals surface area contributed by atoms with Gasteiger partial charge in [0, 0.05) is 11.4 Å². The van der Waals surface area contributed by atoms with Gasteiger partial charge in [0.25, 0.3) is 0 Å². The van der Waals surface area contributed by atoms with Gasteiger partial charge in [-0.1, -0.05) is 6.07 Å². The fourth-order valence-corrected chi connectivity index (χ4v) is 3.78. The number of carbonyl (C=O) groups excluding carboxylic acids is 1. The van der Waals surface area contributed by atoms with Gasteiger partial charge in [-0.05, 0) is 42.4 Å². The normalized spacial score (nSPS) is 29.3. The van der Waals surface area contributed by atoms with E-state index in [0.717, 1.165) is 22.9 Å². The SMILES string of the molecule is O=C(Cc1ccc2[nH]ncc2c1)N[C@H]1C[C@@H](C(=O)O)[C@@H]2C[C@@H]21. The van der Waals surface area contributed by atoms with Gasteiger partial charge < -0.3 is 10.4 Å². The summed E-state index contributed by atoms with van der Waals surface area (Å²) < 4.78 is 0. The van der Waals surface area contributed by atoms with Crippen LogP contribution in [0.1, 0.15) is 18.4 Å². The average molecular weight is 299 g/mol. The maximum atomic E-state index is 12.2. The molecule has 0 unspecified atom stereocenters. The van der Waals surface area contributed by atoms with Crippen molar-refractivity contribution in [2.24, 2.45) is 17.8 Å². The number of aromatic amines is 1. The third-order valence-electron chi connectivity index (χ3n) is 4.97. The van der Waals surface area contributed by atoms with Crippen molar-refractivity contribution in [1.82, 2.24) is 15.5 Å². The van der Waals surface area contributed by atoms with E-state index in [1.807, 2.05) is 18.2 Å². The molecule has 2 aliphatic rings. The van der Waals surface area contributed by atoms with Gasteiger partial charge in [-0.2, -0.15) is 5.10 Å². The fraction of sp³-hybridized carbons (Fsp3) is 0.438. The summed E-state index contributed by atoms with van der Waals surface area (Å²) in [5, 5.41) is 20.0. The number of H-pyrrole nitrogens is 1. The first-order valence-electron chi connectivity index (χ1n) is 7.56. The molecule has 1 heterocycles. The number of hydrogen-bond donors (Lipinski definition) is 3. The molecule has 114 valence electrons. The number of amides is 1. The van der Waals surface area contributed by atoms with E-state index < -0.39 is 5.97 Å². The number of rotatable bonds is 4. The molecule has 0 radical (unpaired) electrons. The summed E-state index contributed by atoms with van der Waals surface area (Å²) >= 11 is 0. The molecule has 2 fully saturated rings. The van der Waals surface area contributed by atoms with Gasteiger partial charge in [0.2, 0.25) is 5.91 Å². The molecule has 1 amide bonds. The van der Waals surface area contributed by atoms with Crippen LogP contribution in [0.4, 0.5) is 0 Å². The summed E-state index contributed by atoms with van der Waals surface area (Å²) in [7, 11) is 0. The number of carboxylic acid groups (broad SMARTS) is 1. The van der Waals surface area contributed by atoms with E-state index in [0.29, 0.717) is 18.8 Å². The number of aliphatic carboxylic acids is 1. The topological polar surface area (TPSA) is 95.1 Å². The Morgan fingerprint density at radius 1 is 1.32 bits per heavy atom. The molecule has 0 bridgehead atoms. The standard InChI is InChI=1S/C16H17N3O3/c20-15(4-8-1-2-13-9(3-8)7-17-19-13)18-14-6-12(16(21)22)10-5-11(10)14/h1-3,7,10-12,14H,4-6H2,(H,17,19)(H,18,20)(H,21,22)/t10-,11+,12-,14+/m1/s1. The van der Waals surface area contributed by atoms with E-state index in [9.17, 15) is 9.59 Å². The van der Waals surface area contributed by atoms with Crippen LogP contribution in [0.25, 0.3) is 10.9 Å². The summed E-state index contributed by atoms with van der Waals surface area (Å²) in [4.78, 5) is 23.3. The molecule has 6 nitrogen and oxygen atoms in total. The van der Waals surface area contributed by atoms with Crippen molar-refractivity contribution in [3.63, 3.8) is 0 Å². The molecule has 6 heteroatoms. The van der Waals surface area contributed by atoms with Crippen molar-refractivity contribution in [3.05, 3.63) is 30.0 Å². The lowest BCUT2D eigenvalue weighted by Gasteiger charge is -2.16. The Balaban J connectivity index is 1.40. The minimum Gasteiger partial charge on any atom is -0.481 e. The molecule has 22 heavy (non-hydrogen) atoms. The van der Waals surface area contributed by atoms with Gasteiger partial charge in [0.05, 0.1) is 24.1 Å². The number of carboxylic acids is 1. The van der Waals surface area contributed by atoms with Gasteiger partial charge in [-0.15, -0.1) is 0 Å². The predicted octanol–water partition coefficient (Wildman–Crippen LogP) is 1.33. The molecule has 0 spiro atoms. The fourth-order valence-electron chi connectivity index (χ4n) is 3.78. The number of hydrogen-bond acceptors (Lipinski definition) is 3. The second-order valence-corrected chi connectivity index (χ2v) is 6.39. The molecule has 2 saturated carbocycles. The molecule has 0 aliphatic heterocycles. The number of fused-ring (bicyclic) bond motifs is 2. The van der Waals surface area contributed by atoms with Crippen molar-refractivity contribution in [2.45, 2.75) is 25.3 Å². The monoisotopic (exact) mass is 299 g/mol. The maximum Gasteiger partial charge on any atom is 0.306 e. The Kier molecular flexibility index (Phi) is 2.92. The number of nitrogens with zero attached hydrogens (tertiary/aromatic N) is 1. The zero-order valence-corrected chi connectivity index (χ0v) is 12.0. The Morgan fingerprint density at radius 3 is 2.95 bits per heavy atom. The first kappa shape index (κ1) is 13.3. The summed E-state index contributed by atoms with van der Waals surface area (Å²) in [6.45, 7) is 0. The van der Waals surface area contributed by atoms with E-state index in [1.54, 1.807) is 6.20 Å². The van der Waals surface area contributed by atoms with Gasteiger partial charge >= 0.3 is 5.97 Å². The van der Waals surface area contributed by atoms with Crippen LogP contribution in [0.5, 0.6) is 0 Å². The van der Waals surface area contributed by atoms with Crippen molar-refractivity contribution < 1.29 is 14.7 Å². The third-order valence-corrected chi connectivity index (χ3v) is 4.97. The van der Waals surface area contributed by atoms with E-state index in [-0.39, 0.29) is 23.8 Å². The van der Waals surface area contributed by atoms with Crippen molar-refractivity contribution in [3.8, 4) is 0 Å². The Labute approximate surface area is 126 Å². The second kappa shape index (κ2) is 4.83. The quantitative estimate of drug-likeness (QED) is 0.793. The minimum absolute atomic E-state index is 0.0243. The molecule has 0 saturated heterocycles. The van der Waals surface area contributed by atoms with E-state index in [4.69, 9.17) is 5.11 Å². The molecular weight excluding hydrogens is 282 g/mol. The van der Waals surface area contributed by atoms with Crippen LogP contribution in [0.2, 0.25) is 0 Å². The molecule has 1 aromatic heterocycles. The zero-order valence-electron chi connectivity index (χ0n) is 12.0. The molecule has 2 aliphatic carbocycles. The zero-order chi connectivity index (χ0) is 15.3. The van der Waals surface area contributed by atoms with Crippen molar-refractivity contribution in [1.29, 1.82) is 0 Å². The van der Waals surface area contributed by atoms with Crippen LogP contribution in [0.15, 0.2) is 24.4 Å². The highest BCUT2D eigenvalue weighted by atomic mass is 16.4. The number of benzene rings is 1. The Morgan fingerprint density at radius 2 is 2.18 bits per heavy atom. The van der Waals surface area contributed by atoms with Gasteiger partial charge in [0.15, 0.2) is 0 Å². The molecule has 2 aromatic rings. The lowest BCUT2D eigenvalue weighted by Crippen LogP contribution is -2.36. The van der Waals surface area contributed by atoms with Crippen LogP contribution >= 0.6 is 0 Å². The Hall–Kier alpha value is -2.37. The summed E-state index contributed by atoms with van der Waals surface area (Å²) in [6.07, 6.45) is 3.55. The Bertz CT molecular complexity index is 754. The van der Waals surface area contributed by atoms with Crippen LogP contribution in [-0.4, -0.2) is 33.2 Å². The largest absolute Gasteiger partial charge is 0.481 e. The molecule has 4 atom stereocenters. The van der Waals surface area contributed by atoms with Crippen LogP contribution in [0.3, 0.4) is 0 Å². The van der Waals surface area contributed by atoms with E-state index in [1.165, 1.54) is 0 Å². The first-order chi connectivity index (χ1) is 10.6. The average Bonchev–Trinajstić information content (AvgIpc) is 2.98. The number of nitrogens with one attached hydrogen (secondary N) is 2. The highest BCUT2D eigenvalue weighted by Gasteiger charge is 2.57. The minimum atomic E-state index is -0.727. The maximum absolute atomic E-state index is 12.2. The van der Waals surface area contributed by atoms with Crippen molar-refractivity contribution >= 4 is 22.8 Å².